The third-order valence-corrected chi connectivity index (χ3v) is 1.21. The molecule has 6 nitrogen and oxygen atoms in total. The van der Waals surface area contributed by atoms with E-state index in [2.05, 4.69) is 4.98 Å². The number of carboxylic acids is 1. The molecule has 1 N–H and O–H groups in total. The molecule has 1 aromatic rings. The van der Waals surface area contributed by atoms with Crippen LogP contribution in [0.15, 0.2) is 12.1 Å². The first kappa shape index (κ1) is 9.04. The van der Waals surface area contributed by atoms with Crippen molar-refractivity contribution in [1.82, 2.24) is 4.98 Å². The van der Waals surface area contributed by atoms with Gasteiger partial charge in [-0.1, -0.05) is 0 Å². The van der Waals surface area contributed by atoms with Crippen LogP contribution in [0.5, 0.6) is 0 Å². The average Bonchev–Trinajstić information content (AvgIpc) is 2.03. The summed E-state index contributed by atoms with van der Waals surface area (Å²) in [6, 6.07) is 1.29. The quantitative estimate of drug-likeness (QED) is 0.419. The van der Waals surface area contributed by atoms with E-state index < -0.39 is 28.2 Å². The minimum absolute atomic E-state index is 0.501. The van der Waals surface area contributed by atoms with Crippen molar-refractivity contribution < 1.29 is 19.2 Å². The Morgan fingerprint density at radius 2 is 2.23 bits per heavy atom. The van der Waals surface area contributed by atoms with E-state index >= 15 is 0 Å². The Balaban J connectivity index is 3.26. The number of carbonyl (C=O) groups is 1. The van der Waals surface area contributed by atoms with E-state index in [1.807, 2.05) is 0 Å². The van der Waals surface area contributed by atoms with Crippen LogP contribution in [0.3, 0.4) is 0 Å². The zero-order valence-corrected chi connectivity index (χ0v) is 6.10. The van der Waals surface area contributed by atoms with Gasteiger partial charge in [-0.25, -0.2) is 4.79 Å². The number of halogens is 1. The Morgan fingerprint density at radius 1 is 1.62 bits per heavy atom. The Morgan fingerprint density at radius 3 is 2.69 bits per heavy atom. The number of nitrogens with zero attached hydrogens (tertiary/aromatic N) is 2. The highest BCUT2D eigenvalue weighted by atomic mass is 19.1. The SMILES string of the molecule is O=C(O)c1cc(F)nc([N+](=O)[O-])c1. The Bertz CT molecular complexity index is 347. The normalized spacial score (nSPS) is 9.62. The highest BCUT2D eigenvalue weighted by molar-refractivity contribution is 5.87. The maximum Gasteiger partial charge on any atom is 0.367 e. The van der Waals surface area contributed by atoms with Crippen LogP contribution in [0.1, 0.15) is 10.4 Å². The molecule has 0 bridgehead atoms. The molecule has 1 rings (SSSR count). The summed E-state index contributed by atoms with van der Waals surface area (Å²) in [7, 11) is 0. The average molecular weight is 186 g/mol. The molecule has 0 radical (unpaired) electrons. The van der Waals surface area contributed by atoms with Crippen molar-refractivity contribution in [1.29, 1.82) is 0 Å². The zero-order chi connectivity index (χ0) is 10.0. The van der Waals surface area contributed by atoms with E-state index in [1.165, 1.54) is 0 Å². The zero-order valence-electron chi connectivity index (χ0n) is 6.10. The molecule has 0 aliphatic heterocycles. The van der Waals surface area contributed by atoms with E-state index in [4.69, 9.17) is 5.11 Å². The molecular formula is C6H3FN2O4. The molecule has 68 valence electrons. The number of aromatic carboxylic acids is 1. The molecule has 0 saturated carbocycles. The molecule has 0 aromatic carbocycles. The molecule has 0 aliphatic carbocycles. The minimum atomic E-state index is -1.44. The summed E-state index contributed by atoms with van der Waals surface area (Å²) in [5.74, 6) is -3.45. The van der Waals surface area contributed by atoms with Gasteiger partial charge in [-0.2, -0.15) is 4.39 Å². The fourth-order valence-electron chi connectivity index (χ4n) is 0.700. The van der Waals surface area contributed by atoms with Crippen molar-refractivity contribution in [2.75, 3.05) is 0 Å². The molecule has 0 fully saturated rings. The highest BCUT2D eigenvalue weighted by Gasteiger charge is 2.16. The van der Waals surface area contributed by atoms with E-state index in [1.54, 1.807) is 0 Å². The van der Waals surface area contributed by atoms with Crippen LogP contribution in [0.4, 0.5) is 10.2 Å². The van der Waals surface area contributed by atoms with Gasteiger partial charge >= 0.3 is 17.7 Å². The van der Waals surface area contributed by atoms with Crippen LogP contribution in [0.2, 0.25) is 0 Å². The summed E-state index contributed by atoms with van der Waals surface area (Å²) in [6.45, 7) is 0. The van der Waals surface area contributed by atoms with Crippen LogP contribution in [0.25, 0.3) is 0 Å². The van der Waals surface area contributed by atoms with Gasteiger partial charge in [0.05, 0.1) is 11.6 Å². The van der Waals surface area contributed by atoms with Crippen LogP contribution in [0, 0.1) is 16.1 Å². The molecule has 0 unspecified atom stereocenters. The van der Waals surface area contributed by atoms with Crippen LogP contribution >= 0.6 is 0 Å². The van der Waals surface area contributed by atoms with E-state index in [9.17, 15) is 19.3 Å². The maximum atomic E-state index is 12.5. The fraction of sp³-hybridized carbons (Fsp3) is 0. The number of carboxylic acid groups (broad SMARTS) is 1. The Hall–Kier alpha value is -2.05. The van der Waals surface area contributed by atoms with Gasteiger partial charge in [0.25, 0.3) is 0 Å². The second-order valence-corrected chi connectivity index (χ2v) is 2.10. The Labute approximate surface area is 70.8 Å². The van der Waals surface area contributed by atoms with Gasteiger partial charge < -0.3 is 15.2 Å². The summed E-state index contributed by atoms with van der Waals surface area (Å²) >= 11 is 0. The third-order valence-electron chi connectivity index (χ3n) is 1.21. The second kappa shape index (κ2) is 3.13. The summed E-state index contributed by atoms with van der Waals surface area (Å²) in [5, 5.41) is 18.5. The lowest BCUT2D eigenvalue weighted by atomic mass is 10.2. The van der Waals surface area contributed by atoms with Crippen molar-refractivity contribution in [3.05, 3.63) is 33.8 Å². The monoisotopic (exact) mass is 186 g/mol. The number of aromatic nitrogens is 1. The summed E-state index contributed by atoms with van der Waals surface area (Å²) in [6.07, 6.45) is 0. The molecule has 0 saturated heterocycles. The first-order valence-electron chi connectivity index (χ1n) is 3.06. The van der Waals surface area contributed by atoms with E-state index in [-0.39, 0.29) is 0 Å². The molecule has 1 heterocycles. The van der Waals surface area contributed by atoms with Crippen LogP contribution in [-0.2, 0) is 0 Å². The lowest BCUT2D eigenvalue weighted by Crippen LogP contribution is -2.02. The minimum Gasteiger partial charge on any atom is -0.478 e. The number of hydrogen-bond donors (Lipinski definition) is 1. The van der Waals surface area contributed by atoms with E-state index in [0.717, 1.165) is 0 Å². The molecular weight excluding hydrogens is 183 g/mol. The van der Waals surface area contributed by atoms with Gasteiger partial charge in [0.2, 0.25) is 0 Å². The summed E-state index contributed by atoms with van der Waals surface area (Å²) < 4.78 is 12.5. The van der Waals surface area contributed by atoms with Crippen LogP contribution in [-0.4, -0.2) is 21.0 Å². The van der Waals surface area contributed by atoms with Gasteiger partial charge in [-0.3, -0.25) is 0 Å². The van der Waals surface area contributed by atoms with Crippen molar-refractivity contribution in [3.8, 4) is 0 Å². The smallest absolute Gasteiger partial charge is 0.367 e. The van der Waals surface area contributed by atoms with E-state index in [0.29, 0.717) is 12.1 Å². The van der Waals surface area contributed by atoms with Crippen molar-refractivity contribution in [3.63, 3.8) is 0 Å². The van der Waals surface area contributed by atoms with Crippen LogP contribution < -0.4 is 0 Å². The van der Waals surface area contributed by atoms with Crippen molar-refractivity contribution in [2.45, 2.75) is 0 Å². The molecule has 0 amide bonds. The van der Waals surface area contributed by atoms with Crippen molar-refractivity contribution >= 4 is 11.8 Å². The fourth-order valence-corrected chi connectivity index (χ4v) is 0.700. The number of pyridine rings is 1. The number of rotatable bonds is 2. The van der Waals surface area contributed by atoms with Gasteiger partial charge in [0.1, 0.15) is 0 Å². The maximum absolute atomic E-state index is 12.5. The van der Waals surface area contributed by atoms with Crippen molar-refractivity contribution in [2.24, 2.45) is 0 Å². The summed E-state index contributed by atoms with van der Waals surface area (Å²) in [5.41, 5.74) is -0.501. The standard InChI is InChI=1S/C6H3FN2O4/c7-4-1-3(6(10)11)2-5(8-4)9(12)13/h1-2H,(H,10,11). The second-order valence-electron chi connectivity index (χ2n) is 2.10. The predicted molar refractivity (Wildman–Crippen MR) is 37.8 cm³/mol. The molecule has 0 atom stereocenters. The number of nitro groups is 1. The molecule has 1 aromatic heterocycles. The third kappa shape index (κ3) is 1.95. The van der Waals surface area contributed by atoms with Gasteiger partial charge in [0, 0.05) is 6.07 Å². The first-order chi connectivity index (χ1) is 6.00. The first-order valence-corrected chi connectivity index (χ1v) is 3.06. The molecule has 13 heavy (non-hydrogen) atoms. The van der Waals surface area contributed by atoms with Gasteiger partial charge in [-0.05, 0) is 9.91 Å². The highest BCUT2D eigenvalue weighted by Crippen LogP contribution is 2.11. The van der Waals surface area contributed by atoms with Gasteiger partial charge in [0.15, 0.2) is 0 Å². The summed E-state index contributed by atoms with van der Waals surface area (Å²) in [4.78, 5) is 22.3. The topological polar surface area (TPSA) is 93.3 Å². The predicted octanol–water partition coefficient (Wildman–Crippen LogP) is 0.827. The molecule has 0 aliphatic rings. The largest absolute Gasteiger partial charge is 0.478 e. The number of hydrogen-bond acceptors (Lipinski definition) is 4. The molecule has 0 spiro atoms. The lowest BCUT2D eigenvalue weighted by molar-refractivity contribution is -0.389. The lowest BCUT2D eigenvalue weighted by Gasteiger charge is -1.93. The Kier molecular flexibility index (Phi) is 2.18. The van der Waals surface area contributed by atoms with Gasteiger partial charge in [-0.15, -0.1) is 0 Å². The molecule has 7 heteroatoms.